The van der Waals surface area contributed by atoms with Crippen molar-refractivity contribution in [3.05, 3.63) is 24.3 Å². The SMILES string of the molecule is CCS(=O)(=O)c1ccc(NCC(C)(C)NS(C)(=O)=O)cc1. The first-order chi connectivity index (χ1) is 9.45. The predicted octanol–water partition coefficient (Wildman–Crippen LogP) is 1.22. The maximum Gasteiger partial charge on any atom is 0.209 e. The predicted molar refractivity (Wildman–Crippen MR) is 84.7 cm³/mol. The van der Waals surface area contributed by atoms with Gasteiger partial charge >= 0.3 is 0 Å². The number of hydrogen-bond donors (Lipinski definition) is 2. The number of anilines is 1. The van der Waals surface area contributed by atoms with Gasteiger partial charge in [-0.3, -0.25) is 0 Å². The molecular weight excluding hydrogens is 312 g/mol. The standard InChI is InChI=1S/C13H22N2O4S2/c1-5-21(18,19)12-8-6-11(7-9-12)14-10-13(2,3)15-20(4,16)17/h6-9,14-15H,5,10H2,1-4H3. The minimum absolute atomic E-state index is 0.0606. The summed E-state index contributed by atoms with van der Waals surface area (Å²) in [7, 11) is -6.49. The Morgan fingerprint density at radius 3 is 2.00 bits per heavy atom. The van der Waals surface area contributed by atoms with E-state index in [0.717, 1.165) is 11.9 Å². The van der Waals surface area contributed by atoms with Gasteiger partial charge in [0.1, 0.15) is 0 Å². The van der Waals surface area contributed by atoms with Crippen LogP contribution in [-0.4, -0.2) is 40.9 Å². The van der Waals surface area contributed by atoms with E-state index >= 15 is 0 Å². The maximum atomic E-state index is 11.7. The molecule has 0 fully saturated rings. The van der Waals surface area contributed by atoms with Gasteiger partial charge in [0.15, 0.2) is 9.84 Å². The second-order valence-electron chi connectivity index (χ2n) is 5.54. The van der Waals surface area contributed by atoms with Crippen LogP contribution in [0.25, 0.3) is 0 Å². The molecule has 1 rings (SSSR count). The Balaban J connectivity index is 2.74. The molecule has 0 unspecified atom stereocenters. The lowest BCUT2D eigenvalue weighted by atomic mass is 10.1. The molecule has 6 nitrogen and oxygen atoms in total. The van der Waals surface area contributed by atoms with E-state index in [0.29, 0.717) is 6.54 Å². The first-order valence-electron chi connectivity index (χ1n) is 6.51. The monoisotopic (exact) mass is 334 g/mol. The van der Waals surface area contributed by atoms with Crippen molar-refractivity contribution in [1.82, 2.24) is 4.72 Å². The molecule has 0 aliphatic carbocycles. The zero-order valence-electron chi connectivity index (χ0n) is 12.7. The van der Waals surface area contributed by atoms with Crippen molar-refractivity contribution in [2.24, 2.45) is 0 Å². The van der Waals surface area contributed by atoms with E-state index in [1.165, 1.54) is 12.1 Å². The summed E-state index contributed by atoms with van der Waals surface area (Å²) in [6, 6.07) is 6.41. The van der Waals surface area contributed by atoms with Gasteiger partial charge in [-0.1, -0.05) is 6.92 Å². The fourth-order valence-electron chi connectivity index (χ4n) is 1.81. The maximum absolute atomic E-state index is 11.7. The molecule has 0 aliphatic rings. The Bertz CT molecular complexity index is 677. The molecule has 0 atom stereocenters. The zero-order valence-corrected chi connectivity index (χ0v) is 14.3. The third-order valence-electron chi connectivity index (χ3n) is 2.79. The Labute approximate surface area is 126 Å². The first-order valence-corrected chi connectivity index (χ1v) is 10.1. The van der Waals surface area contributed by atoms with Crippen LogP contribution in [-0.2, 0) is 19.9 Å². The molecule has 2 N–H and O–H groups in total. The minimum Gasteiger partial charge on any atom is -0.383 e. The van der Waals surface area contributed by atoms with Crippen LogP contribution in [0.1, 0.15) is 20.8 Å². The Kier molecular flexibility index (Phi) is 5.40. The molecule has 1 aromatic carbocycles. The topological polar surface area (TPSA) is 92.3 Å². The van der Waals surface area contributed by atoms with Crippen LogP contribution in [0.2, 0.25) is 0 Å². The van der Waals surface area contributed by atoms with Crippen molar-refractivity contribution >= 4 is 25.5 Å². The summed E-state index contributed by atoms with van der Waals surface area (Å²) in [4.78, 5) is 0.282. The van der Waals surface area contributed by atoms with Crippen LogP contribution in [0.3, 0.4) is 0 Å². The summed E-state index contributed by atoms with van der Waals surface area (Å²) in [5.41, 5.74) is 0.0790. The average molecular weight is 334 g/mol. The highest BCUT2D eigenvalue weighted by Gasteiger charge is 2.21. The molecule has 0 aliphatic heterocycles. The smallest absolute Gasteiger partial charge is 0.209 e. The summed E-state index contributed by atoms with van der Waals surface area (Å²) in [6.07, 6.45) is 1.11. The van der Waals surface area contributed by atoms with Crippen molar-refractivity contribution in [2.75, 3.05) is 23.9 Å². The van der Waals surface area contributed by atoms with E-state index in [1.807, 2.05) is 0 Å². The highest BCUT2D eigenvalue weighted by molar-refractivity contribution is 7.91. The molecule has 0 radical (unpaired) electrons. The van der Waals surface area contributed by atoms with Crippen molar-refractivity contribution in [2.45, 2.75) is 31.2 Å². The lowest BCUT2D eigenvalue weighted by Crippen LogP contribution is -2.47. The molecular formula is C13H22N2O4S2. The number of rotatable bonds is 7. The van der Waals surface area contributed by atoms with Crippen molar-refractivity contribution in [3.8, 4) is 0 Å². The van der Waals surface area contributed by atoms with Gasteiger partial charge in [-0.25, -0.2) is 21.6 Å². The van der Waals surface area contributed by atoms with E-state index in [1.54, 1.807) is 32.9 Å². The van der Waals surface area contributed by atoms with Crippen LogP contribution in [0.5, 0.6) is 0 Å². The second kappa shape index (κ2) is 6.33. The van der Waals surface area contributed by atoms with E-state index in [9.17, 15) is 16.8 Å². The molecule has 0 saturated heterocycles. The van der Waals surface area contributed by atoms with Crippen molar-refractivity contribution in [3.63, 3.8) is 0 Å². The number of sulfone groups is 1. The van der Waals surface area contributed by atoms with Gasteiger partial charge in [-0.2, -0.15) is 0 Å². The van der Waals surface area contributed by atoms with Crippen molar-refractivity contribution < 1.29 is 16.8 Å². The van der Waals surface area contributed by atoms with Gasteiger partial charge in [-0.15, -0.1) is 0 Å². The Hall–Kier alpha value is -1.12. The van der Waals surface area contributed by atoms with Gasteiger partial charge < -0.3 is 5.32 Å². The van der Waals surface area contributed by atoms with E-state index in [-0.39, 0.29) is 10.6 Å². The normalized spacial score (nSPS) is 13.1. The third-order valence-corrected chi connectivity index (χ3v) is 5.46. The minimum atomic E-state index is -3.28. The van der Waals surface area contributed by atoms with Gasteiger partial charge in [0.2, 0.25) is 10.0 Å². The lowest BCUT2D eigenvalue weighted by molar-refractivity contribution is 0.476. The lowest BCUT2D eigenvalue weighted by Gasteiger charge is -2.25. The summed E-state index contributed by atoms with van der Waals surface area (Å²) < 4.78 is 48.4. The fourth-order valence-corrected chi connectivity index (χ4v) is 3.77. The van der Waals surface area contributed by atoms with E-state index in [2.05, 4.69) is 10.0 Å². The molecule has 0 saturated carbocycles. The summed E-state index contributed by atoms with van der Waals surface area (Å²) in [6.45, 7) is 5.49. The first kappa shape index (κ1) is 17.9. The number of sulfonamides is 1. The van der Waals surface area contributed by atoms with Gasteiger partial charge in [0, 0.05) is 17.8 Å². The largest absolute Gasteiger partial charge is 0.383 e. The average Bonchev–Trinajstić information content (AvgIpc) is 2.34. The number of nitrogens with one attached hydrogen (secondary N) is 2. The quantitative estimate of drug-likeness (QED) is 0.782. The van der Waals surface area contributed by atoms with Crippen LogP contribution in [0.4, 0.5) is 5.69 Å². The Morgan fingerprint density at radius 2 is 1.57 bits per heavy atom. The molecule has 0 spiro atoms. The van der Waals surface area contributed by atoms with E-state index < -0.39 is 25.4 Å². The van der Waals surface area contributed by atoms with Gasteiger partial charge in [-0.05, 0) is 38.1 Å². The van der Waals surface area contributed by atoms with Crippen molar-refractivity contribution in [1.29, 1.82) is 0 Å². The van der Waals surface area contributed by atoms with Gasteiger partial charge in [0.25, 0.3) is 0 Å². The van der Waals surface area contributed by atoms with Crippen LogP contribution >= 0.6 is 0 Å². The third kappa shape index (κ3) is 6.03. The highest BCUT2D eigenvalue weighted by atomic mass is 32.2. The molecule has 120 valence electrons. The number of benzene rings is 1. The molecule has 0 amide bonds. The molecule has 0 heterocycles. The summed E-state index contributed by atoms with van der Waals surface area (Å²) in [5.74, 6) is 0.0606. The highest BCUT2D eigenvalue weighted by Crippen LogP contribution is 2.16. The van der Waals surface area contributed by atoms with Crippen LogP contribution < -0.4 is 10.0 Å². The molecule has 0 aromatic heterocycles. The summed E-state index contributed by atoms with van der Waals surface area (Å²) in [5, 5.41) is 3.08. The second-order valence-corrected chi connectivity index (χ2v) is 9.57. The zero-order chi connectivity index (χ0) is 16.3. The Morgan fingerprint density at radius 1 is 1.05 bits per heavy atom. The van der Waals surface area contributed by atoms with Gasteiger partial charge in [0.05, 0.1) is 16.9 Å². The van der Waals surface area contributed by atoms with Crippen LogP contribution in [0, 0.1) is 0 Å². The van der Waals surface area contributed by atoms with E-state index in [4.69, 9.17) is 0 Å². The molecule has 1 aromatic rings. The summed E-state index contributed by atoms with van der Waals surface area (Å²) >= 11 is 0. The molecule has 8 heteroatoms. The number of hydrogen-bond acceptors (Lipinski definition) is 5. The molecule has 0 bridgehead atoms. The fraction of sp³-hybridized carbons (Fsp3) is 0.538. The molecule has 21 heavy (non-hydrogen) atoms. The van der Waals surface area contributed by atoms with Crippen LogP contribution in [0.15, 0.2) is 29.2 Å².